The number of hydrogen-bond donors (Lipinski definition) is 1. The Bertz CT molecular complexity index is 415. The fraction of sp³-hybridized carbons (Fsp3) is 0.429. The molecule has 1 N–H and O–H groups in total. The summed E-state index contributed by atoms with van der Waals surface area (Å²) >= 11 is 3.62. The highest BCUT2D eigenvalue weighted by atomic mass is 32.1. The van der Waals surface area contributed by atoms with Crippen LogP contribution in [0.25, 0.3) is 0 Å². The van der Waals surface area contributed by atoms with Crippen molar-refractivity contribution in [2.45, 2.75) is 25.7 Å². The van der Waals surface area contributed by atoms with Gasteiger partial charge in [-0.1, -0.05) is 19.9 Å². The van der Waals surface area contributed by atoms with Crippen molar-refractivity contribution < 1.29 is 0 Å². The van der Waals surface area contributed by atoms with E-state index < -0.39 is 0 Å². The van der Waals surface area contributed by atoms with Crippen LogP contribution in [-0.2, 0) is 11.8 Å². The molecule has 2 aromatic heterocycles. The van der Waals surface area contributed by atoms with Crippen molar-refractivity contribution >= 4 is 22.7 Å². The van der Waals surface area contributed by atoms with Crippen molar-refractivity contribution in [1.29, 1.82) is 0 Å². The van der Waals surface area contributed by atoms with Gasteiger partial charge in [-0.2, -0.15) is 11.3 Å². The first-order chi connectivity index (χ1) is 8.18. The summed E-state index contributed by atoms with van der Waals surface area (Å²) in [6.07, 6.45) is 1.13. The molecule has 2 rings (SSSR count). The second kappa shape index (κ2) is 5.80. The lowest BCUT2D eigenvalue weighted by atomic mass is 9.91. The molecule has 0 aliphatic carbocycles. The van der Waals surface area contributed by atoms with Crippen LogP contribution < -0.4 is 5.32 Å². The Kier molecular flexibility index (Phi) is 4.37. The fourth-order valence-corrected chi connectivity index (χ4v) is 3.37. The normalized spacial score (nSPS) is 11.9. The molecule has 0 saturated heterocycles. The van der Waals surface area contributed by atoms with Crippen molar-refractivity contribution in [2.24, 2.45) is 0 Å². The van der Waals surface area contributed by atoms with Crippen molar-refractivity contribution in [3.05, 3.63) is 44.8 Å². The Hall–Kier alpha value is -0.640. The van der Waals surface area contributed by atoms with Gasteiger partial charge in [-0.25, -0.2) is 0 Å². The van der Waals surface area contributed by atoms with Gasteiger partial charge in [0.1, 0.15) is 0 Å². The molecule has 0 fully saturated rings. The zero-order valence-corrected chi connectivity index (χ0v) is 12.0. The topological polar surface area (TPSA) is 12.0 Å². The zero-order chi connectivity index (χ0) is 12.1. The van der Waals surface area contributed by atoms with Crippen LogP contribution in [0.1, 0.15) is 24.3 Å². The van der Waals surface area contributed by atoms with Gasteiger partial charge in [0.25, 0.3) is 0 Å². The standard InChI is InChI=1S/C14H19NS2/c1-14(2,13-4-3-8-17-13)11-15-7-5-12-6-9-16-10-12/h3-4,6,8-10,15H,5,7,11H2,1-2H3. The van der Waals surface area contributed by atoms with Gasteiger partial charge in [-0.15, -0.1) is 11.3 Å². The van der Waals surface area contributed by atoms with E-state index in [1.807, 2.05) is 11.3 Å². The smallest absolute Gasteiger partial charge is 0.0115 e. The molecule has 3 heteroatoms. The molecule has 0 amide bonds. The largest absolute Gasteiger partial charge is 0.316 e. The monoisotopic (exact) mass is 265 g/mol. The van der Waals surface area contributed by atoms with Gasteiger partial charge in [0.05, 0.1) is 0 Å². The van der Waals surface area contributed by atoms with Crippen molar-refractivity contribution in [3.63, 3.8) is 0 Å². The maximum absolute atomic E-state index is 3.56. The van der Waals surface area contributed by atoms with E-state index in [9.17, 15) is 0 Å². The molecule has 1 nitrogen and oxygen atoms in total. The van der Waals surface area contributed by atoms with Crippen LogP contribution in [0.2, 0.25) is 0 Å². The summed E-state index contributed by atoms with van der Waals surface area (Å²) in [5.41, 5.74) is 1.68. The molecule has 17 heavy (non-hydrogen) atoms. The Labute approximate surface area is 112 Å². The lowest BCUT2D eigenvalue weighted by Crippen LogP contribution is -2.33. The molecule has 0 aliphatic rings. The molecular weight excluding hydrogens is 246 g/mol. The lowest BCUT2D eigenvalue weighted by Gasteiger charge is -2.23. The predicted octanol–water partition coefficient (Wildman–Crippen LogP) is 3.92. The van der Waals surface area contributed by atoms with E-state index in [1.54, 1.807) is 11.3 Å². The minimum absolute atomic E-state index is 0.239. The summed E-state index contributed by atoms with van der Waals surface area (Å²) in [6.45, 7) is 6.70. The molecule has 0 atom stereocenters. The molecule has 0 aliphatic heterocycles. The van der Waals surface area contributed by atoms with Gasteiger partial charge in [-0.05, 0) is 46.8 Å². The van der Waals surface area contributed by atoms with Crippen molar-refractivity contribution in [2.75, 3.05) is 13.1 Å². The van der Waals surface area contributed by atoms with Gasteiger partial charge in [0.2, 0.25) is 0 Å². The van der Waals surface area contributed by atoms with Crippen LogP contribution in [-0.4, -0.2) is 13.1 Å². The first-order valence-corrected chi connectivity index (χ1v) is 7.76. The first-order valence-electron chi connectivity index (χ1n) is 5.94. The molecule has 2 aromatic rings. The number of thiophene rings is 2. The van der Waals surface area contributed by atoms with Crippen LogP contribution in [0, 0.1) is 0 Å². The Morgan fingerprint density at radius 2 is 2.12 bits per heavy atom. The highest BCUT2D eigenvalue weighted by molar-refractivity contribution is 7.10. The molecule has 0 unspecified atom stereocenters. The number of nitrogens with one attached hydrogen (secondary N) is 1. The molecule has 0 bridgehead atoms. The summed E-state index contributed by atoms with van der Waals surface area (Å²) in [6, 6.07) is 6.56. The van der Waals surface area contributed by atoms with E-state index in [0.29, 0.717) is 0 Å². The lowest BCUT2D eigenvalue weighted by molar-refractivity contribution is 0.479. The zero-order valence-electron chi connectivity index (χ0n) is 10.4. The third-order valence-corrected chi connectivity index (χ3v) is 4.89. The Morgan fingerprint density at radius 3 is 2.76 bits per heavy atom. The maximum Gasteiger partial charge on any atom is 0.0115 e. The SMILES string of the molecule is CC(C)(CNCCc1ccsc1)c1cccs1. The Balaban J connectivity index is 1.75. The summed E-state index contributed by atoms with van der Waals surface area (Å²) in [7, 11) is 0. The van der Waals surface area contributed by atoms with Crippen molar-refractivity contribution in [3.8, 4) is 0 Å². The minimum Gasteiger partial charge on any atom is -0.316 e. The van der Waals surface area contributed by atoms with Gasteiger partial charge in [0, 0.05) is 16.8 Å². The highest BCUT2D eigenvalue weighted by Gasteiger charge is 2.20. The number of hydrogen-bond acceptors (Lipinski definition) is 3. The maximum atomic E-state index is 3.56. The molecule has 0 spiro atoms. The fourth-order valence-electron chi connectivity index (χ4n) is 1.82. The highest BCUT2D eigenvalue weighted by Crippen LogP contribution is 2.26. The number of rotatable bonds is 6. The van der Waals surface area contributed by atoms with Gasteiger partial charge in [-0.3, -0.25) is 0 Å². The van der Waals surface area contributed by atoms with Crippen LogP contribution in [0.5, 0.6) is 0 Å². The van der Waals surface area contributed by atoms with Crippen LogP contribution >= 0.6 is 22.7 Å². The van der Waals surface area contributed by atoms with Gasteiger partial charge < -0.3 is 5.32 Å². The van der Waals surface area contributed by atoms with Crippen molar-refractivity contribution in [1.82, 2.24) is 5.32 Å². The first kappa shape index (κ1) is 12.8. The summed E-state index contributed by atoms with van der Waals surface area (Å²) < 4.78 is 0. The van der Waals surface area contributed by atoms with Gasteiger partial charge in [0.15, 0.2) is 0 Å². The van der Waals surface area contributed by atoms with E-state index in [4.69, 9.17) is 0 Å². The quantitative estimate of drug-likeness (QED) is 0.781. The second-order valence-corrected chi connectivity index (χ2v) is 6.65. The summed E-state index contributed by atoms with van der Waals surface area (Å²) in [5.74, 6) is 0. The van der Waals surface area contributed by atoms with E-state index in [1.165, 1.54) is 10.4 Å². The molecule has 0 radical (unpaired) electrons. The summed E-state index contributed by atoms with van der Waals surface area (Å²) in [4.78, 5) is 1.46. The molecule has 0 saturated carbocycles. The molecule has 2 heterocycles. The van der Waals surface area contributed by atoms with E-state index in [0.717, 1.165) is 19.5 Å². The minimum atomic E-state index is 0.239. The molecule has 92 valence electrons. The van der Waals surface area contributed by atoms with Crippen LogP contribution in [0.15, 0.2) is 34.3 Å². The Morgan fingerprint density at radius 1 is 1.24 bits per heavy atom. The third kappa shape index (κ3) is 3.66. The average Bonchev–Trinajstić information content (AvgIpc) is 2.97. The molecule has 0 aromatic carbocycles. The van der Waals surface area contributed by atoms with E-state index in [2.05, 4.69) is 53.5 Å². The second-order valence-electron chi connectivity index (χ2n) is 4.92. The van der Waals surface area contributed by atoms with Crippen LogP contribution in [0.3, 0.4) is 0 Å². The average molecular weight is 265 g/mol. The van der Waals surface area contributed by atoms with E-state index in [-0.39, 0.29) is 5.41 Å². The van der Waals surface area contributed by atoms with Gasteiger partial charge >= 0.3 is 0 Å². The van der Waals surface area contributed by atoms with E-state index >= 15 is 0 Å². The summed E-state index contributed by atoms with van der Waals surface area (Å²) in [5, 5.41) is 10.1. The predicted molar refractivity (Wildman–Crippen MR) is 78.2 cm³/mol. The van der Waals surface area contributed by atoms with Crippen LogP contribution in [0.4, 0.5) is 0 Å². The third-order valence-electron chi connectivity index (χ3n) is 2.93. The molecular formula is C14H19NS2.